The number of hydrogen-bond acceptors (Lipinski definition) is 2. The van der Waals surface area contributed by atoms with Gasteiger partial charge in [0.2, 0.25) is 0 Å². The van der Waals surface area contributed by atoms with E-state index >= 15 is 0 Å². The smallest absolute Gasteiger partial charge is 0.0992 e. The Balaban J connectivity index is 2.24. The summed E-state index contributed by atoms with van der Waals surface area (Å²) in [6.07, 6.45) is 1.97. The van der Waals surface area contributed by atoms with Crippen LogP contribution >= 0.6 is 7.14 Å². The van der Waals surface area contributed by atoms with E-state index in [1.165, 1.54) is 0 Å². The van der Waals surface area contributed by atoms with Crippen LogP contribution in [-0.2, 0) is 9.30 Å². The van der Waals surface area contributed by atoms with Crippen molar-refractivity contribution in [2.24, 2.45) is 0 Å². The Morgan fingerprint density at radius 3 is 2.67 bits per heavy atom. The SMILES string of the molecule is CC12CP(C)(=O)CC1O2. The molecule has 0 spiro atoms. The first-order valence-corrected chi connectivity index (χ1v) is 5.78. The minimum absolute atomic E-state index is 0.0320. The van der Waals surface area contributed by atoms with Crippen LogP contribution in [0.1, 0.15) is 6.92 Å². The molecule has 3 unspecified atom stereocenters. The lowest BCUT2D eigenvalue weighted by Crippen LogP contribution is -2.06. The zero-order valence-corrected chi connectivity index (χ0v) is 6.65. The summed E-state index contributed by atoms with van der Waals surface area (Å²) < 4.78 is 16.7. The molecular formula is C6H11O2P. The zero-order valence-electron chi connectivity index (χ0n) is 5.76. The van der Waals surface area contributed by atoms with Crippen LogP contribution in [0.2, 0.25) is 0 Å². The van der Waals surface area contributed by atoms with Crippen LogP contribution in [0.3, 0.4) is 0 Å². The van der Waals surface area contributed by atoms with Gasteiger partial charge in [0.1, 0.15) is 0 Å². The van der Waals surface area contributed by atoms with Gasteiger partial charge in [-0.1, -0.05) is 0 Å². The fourth-order valence-electron chi connectivity index (χ4n) is 1.74. The number of rotatable bonds is 0. The molecule has 0 amide bonds. The number of fused-ring (bicyclic) bond motifs is 1. The molecule has 0 bridgehead atoms. The Morgan fingerprint density at radius 2 is 2.44 bits per heavy atom. The summed E-state index contributed by atoms with van der Waals surface area (Å²) in [7, 11) is -1.74. The van der Waals surface area contributed by atoms with Crippen molar-refractivity contribution in [1.29, 1.82) is 0 Å². The standard InChI is InChI=1S/C6H11O2P/c1-6-4-9(2,7)3-5(6)8-6/h5H,3-4H2,1-2H3. The molecule has 0 aromatic rings. The summed E-state index contributed by atoms with van der Waals surface area (Å²) in [5.74, 6) is 0. The molecule has 0 aliphatic carbocycles. The molecule has 2 heterocycles. The molecule has 52 valence electrons. The highest BCUT2D eigenvalue weighted by Gasteiger charge is 2.61. The highest BCUT2D eigenvalue weighted by molar-refractivity contribution is 7.63. The fraction of sp³-hybridized carbons (Fsp3) is 1.00. The monoisotopic (exact) mass is 146 g/mol. The zero-order chi connectivity index (χ0) is 6.70. The van der Waals surface area contributed by atoms with Gasteiger partial charge in [0, 0.05) is 12.3 Å². The van der Waals surface area contributed by atoms with E-state index in [4.69, 9.17) is 4.74 Å². The lowest BCUT2D eigenvalue weighted by atomic mass is 10.2. The molecule has 0 aromatic heterocycles. The summed E-state index contributed by atoms with van der Waals surface area (Å²) in [4.78, 5) is 0. The van der Waals surface area contributed by atoms with E-state index < -0.39 is 7.14 Å². The summed E-state index contributed by atoms with van der Waals surface area (Å²) in [6, 6.07) is 0. The maximum absolute atomic E-state index is 11.4. The van der Waals surface area contributed by atoms with Gasteiger partial charge in [-0.15, -0.1) is 0 Å². The second kappa shape index (κ2) is 1.28. The summed E-state index contributed by atoms with van der Waals surface area (Å²) >= 11 is 0. The van der Waals surface area contributed by atoms with E-state index in [2.05, 4.69) is 6.92 Å². The molecule has 0 radical (unpaired) electrons. The third kappa shape index (κ3) is 0.770. The number of ether oxygens (including phenoxy) is 1. The van der Waals surface area contributed by atoms with Crippen LogP contribution in [0.25, 0.3) is 0 Å². The van der Waals surface area contributed by atoms with Crippen molar-refractivity contribution >= 4 is 7.14 Å². The summed E-state index contributed by atoms with van der Waals surface area (Å²) in [5.41, 5.74) is 0.0320. The van der Waals surface area contributed by atoms with E-state index in [1.54, 1.807) is 0 Å². The average molecular weight is 146 g/mol. The lowest BCUT2D eigenvalue weighted by Gasteiger charge is -2.06. The van der Waals surface area contributed by atoms with Gasteiger partial charge in [0.05, 0.1) is 18.8 Å². The van der Waals surface area contributed by atoms with Gasteiger partial charge in [-0.25, -0.2) is 0 Å². The van der Waals surface area contributed by atoms with Gasteiger partial charge < -0.3 is 9.30 Å². The van der Waals surface area contributed by atoms with Crippen molar-refractivity contribution in [3.8, 4) is 0 Å². The second-order valence-electron chi connectivity index (χ2n) is 3.56. The lowest BCUT2D eigenvalue weighted by molar-refractivity contribution is 0.322. The largest absolute Gasteiger partial charge is 0.365 e. The van der Waals surface area contributed by atoms with Gasteiger partial charge in [-0.2, -0.15) is 0 Å². The highest BCUT2D eigenvalue weighted by Crippen LogP contribution is 2.62. The van der Waals surface area contributed by atoms with Crippen molar-refractivity contribution in [3.05, 3.63) is 0 Å². The summed E-state index contributed by atoms with van der Waals surface area (Å²) in [5, 5.41) is 0. The van der Waals surface area contributed by atoms with E-state index in [-0.39, 0.29) is 5.60 Å². The quantitative estimate of drug-likeness (QED) is 0.379. The average Bonchev–Trinajstić information content (AvgIpc) is 2.03. The van der Waals surface area contributed by atoms with Gasteiger partial charge in [-0.3, -0.25) is 0 Å². The third-order valence-corrected chi connectivity index (χ3v) is 4.64. The predicted octanol–water partition coefficient (Wildman–Crippen LogP) is 1.15. The van der Waals surface area contributed by atoms with E-state index in [1.807, 2.05) is 6.66 Å². The van der Waals surface area contributed by atoms with Crippen molar-refractivity contribution in [1.82, 2.24) is 0 Å². The highest BCUT2D eigenvalue weighted by atomic mass is 31.2. The van der Waals surface area contributed by atoms with Crippen molar-refractivity contribution in [2.75, 3.05) is 19.0 Å². The number of epoxide rings is 1. The van der Waals surface area contributed by atoms with Crippen molar-refractivity contribution < 1.29 is 9.30 Å². The molecule has 2 fully saturated rings. The first-order valence-electron chi connectivity index (χ1n) is 3.25. The molecule has 2 saturated heterocycles. The molecule has 0 aromatic carbocycles. The number of hydrogen-bond donors (Lipinski definition) is 0. The molecule has 3 heteroatoms. The molecule has 2 aliphatic rings. The molecule has 2 nitrogen and oxygen atoms in total. The van der Waals surface area contributed by atoms with Crippen LogP contribution in [0, 0.1) is 0 Å². The van der Waals surface area contributed by atoms with Crippen LogP contribution in [-0.4, -0.2) is 30.7 Å². The minimum Gasteiger partial charge on any atom is -0.365 e. The summed E-state index contributed by atoms with van der Waals surface area (Å²) in [6.45, 7) is 3.94. The van der Waals surface area contributed by atoms with Crippen molar-refractivity contribution in [3.63, 3.8) is 0 Å². The topological polar surface area (TPSA) is 29.6 Å². The second-order valence-corrected chi connectivity index (χ2v) is 6.83. The van der Waals surface area contributed by atoms with Crippen LogP contribution in [0.4, 0.5) is 0 Å². The maximum atomic E-state index is 11.4. The van der Waals surface area contributed by atoms with Gasteiger partial charge in [0.15, 0.2) is 0 Å². The van der Waals surface area contributed by atoms with Gasteiger partial charge >= 0.3 is 0 Å². The van der Waals surface area contributed by atoms with Gasteiger partial charge in [0.25, 0.3) is 0 Å². The molecule has 0 N–H and O–H groups in total. The molecule has 2 aliphatic heterocycles. The fourth-order valence-corrected chi connectivity index (χ4v) is 4.64. The molecular weight excluding hydrogens is 135 g/mol. The van der Waals surface area contributed by atoms with Crippen LogP contribution < -0.4 is 0 Å². The Hall–Kier alpha value is 0.190. The Labute approximate surface area is 55.0 Å². The first-order chi connectivity index (χ1) is 4.02. The van der Waals surface area contributed by atoms with Gasteiger partial charge in [-0.05, 0) is 13.6 Å². The minimum atomic E-state index is -1.74. The third-order valence-electron chi connectivity index (χ3n) is 2.24. The van der Waals surface area contributed by atoms with E-state index in [9.17, 15) is 4.57 Å². The van der Waals surface area contributed by atoms with E-state index in [0.717, 1.165) is 12.3 Å². The first kappa shape index (κ1) is 5.94. The molecule has 3 atom stereocenters. The Kier molecular flexibility index (Phi) is 0.844. The molecule has 9 heavy (non-hydrogen) atoms. The maximum Gasteiger partial charge on any atom is 0.0992 e. The Morgan fingerprint density at radius 1 is 1.78 bits per heavy atom. The Bertz CT molecular complexity index is 201. The van der Waals surface area contributed by atoms with Crippen molar-refractivity contribution in [2.45, 2.75) is 18.6 Å². The predicted molar refractivity (Wildman–Crippen MR) is 36.5 cm³/mol. The van der Waals surface area contributed by atoms with Crippen LogP contribution in [0.5, 0.6) is 0 Å². The van der Waals surface area contributed by atoms with E-state index in [0.29, 0.717) is 6.10 Å². The normalized spacial score (nSPS) is 63.6. The molecule has 0 saturated carbocycles. The molecule has 2 rings (SSSR count). The van der Waals surface area contributed by atoms with Crippen LogP contribution in [0.15, 0.2) is 0 Å².